The minimum atomic E-state index is -0.324. The Hall–Kier alpha value is -1.31. The highest BCUT2D eigenvalue weighted by Crippen LogP contribution is 1.97. The quantitative estimate of drug-likeness (QED) is 0.279. The number of rotatable bonds is 3. The summed E-state index contributed by atoms with van der Waals surface area (Å²) in [5, 5.41) is 0. The zero-order chi connectivity index (χ0) is 9.56. The number of hydrogen-bond donors (Lipinski definition) is 0. The molecule has 0 unspecified atom stereocenters. The molecular formula is C10H14O2. The average molecular weight is 166 g/mol. The van der Waals surface area contributed by atoms with E-state index in [-0.39, 0.29) is 5.97 Å². The molecule has 2 heteroatoms. The maximum Gasteiger partial charge on any atom is 0.338 e. The summed E-state index contributed by atoms with van der Waals surface area (Å²) >= 11 is 0. The number of hydrogen-bond acceptors (Lipinski definition) is 2. The molecule has 0 aromatic carbocycles. The topological polar surface area (TPSA) is 26.3 Å². The largest absolute Gasteiger partial charge is 0.431 e. The number of carbonyl (C=O) groups is 1. The van der Waals surface area contributed by atoms with Crippen molar-refractivity contribution in [2.75, 3.05) is 0 Å². The first kappa shape index (κ1) is 10.7. The fraction of sp³-hybridized carbons (Fsp3) is 0.300. The van der Waals surface area contributed by atoms with Crippen LogP contribution in [0.1, 0.15) is 20.8 Å². The van der Waals surface area contributed by atoms with Gasteiger partial charge in [0.1, 0.15) is 0 Å². The molecule has 0 saturated heterocycles. The smallest absolute Gasteiger partial charge is 0.338 e. The van der Waals surface area contributed by atoms with Crippen LogP contribution in [-0.4, -0.2) is 5.97 Å². The predicted octanol–water partition coefficient (Wildman–Crippen LogP) is 2.59. The highest BCUT2D eigenvalue weighted by atomic mass is 16.5. The maximum atomic E-state index is 11.0. The van der Waals surface area contributed by atoms with Crippen LogP contribution >= 0.6 is 0 Å². The van der Waals surface area contributed by atoms with Crippen molar-refractivity contribution in [3.63, 3.8) is 0 Å². The van der Waals surface area contributed by atoms with Crippen molar-refractivity contribution in [3.05, 3.63) is 36.1 Å². The van der Waals surface area contributed by atoms with Gasteiger partial charge in [-0.25, -0.2) is 4.79 Å². The van der Waals surface area contributed by atoms with Gasteiger partial charge in [0.25, 0.3) is 0 Å². The second-order valence-electron chi connectivity index (χ2n) is 2.53. The van der Waals surface area contributed by atoms with Crippen molar-refractivity contribution in [3.8, 4) is 0 Å². The van der Waals surface area contributed by atoms with E-state index in [4.69, 9.17) is 4.74 Å². The number of allylic oxidation sites excluding steroid dienone is 3. The zero-order valence-electron chi connectivity index (χ0n) is 7.76. The summed E-state index contributed by atoms with van der Waals surface area (Å²) in [7, 11) is 0. The van der Waals surface area contributed by atoms with Gasteiger partial charge in [-0.15, -0.1) is 0 Å². The highest BCUT2D eigenvalue weighted by Gasteiger charge is 2.00. The molecule has 0 aliphatic heterocycles. The Morgan fingerprint density at radius 1 is 1.42 bits per heavy atom. The Labute approximate surface area is 73.2 Å². The highest BCUT2D eigenvalue weighted by molar-refractivity contribution is 5.88. The van der Waals surface area contributed by atoms with E-state index in [0.717, 1.165) is 5.57 Å². The van der Waals surface area contributed by atoms with Crippen LogP contribution in [0.4, 0.5) is 0 Å². The van der Waals surface area contributed by atoms with Crippen LogP contribution in [0, 0.1) is 0 Å². The van der Waals surface area contributed by atoms with E-state index in [1.165, 1.54) is 6.26 Å². The number of carbonyl (C=O) groups excluding carboxylic acids is 1. The molecule has 0 aliphatic carbocycles. The van der Waals surface area contributed by atoms with E-state index in [9.17, 15) is 4.79 Å². The van der Waals surface area contributed by atoms with Crippen molar-refractivity contribution >= 4 is 5.97 Å². The maximum absolute atomic E-state index is 11.0. The van der Waals surface area contributed by atoms with Crippen molar-refractivity contribution in [1.29, 1.82) is 0 Å². The van der Waals surface area contributed by atoms with Gasteiger partial charge in [-0.3, -0.25) is 0 Å². The van der Waals surface area contributed by atoms with Gasteiger partial charge in [0, 0.05) is 5.57 Å². The molecule has 0 atom stereocenters. The minimum absolute atomic E-state index is 0.324. The Balaban J connectivity index is 3.96. The van der Waals surface area contributed by atoms with Crippen molar-refractivity contribution < 1.29 is 9.53 Å². The summed E-state index contributed by atoms with van der Waals surface area (Å²) < 4.78 is 4.76. The Morgan fingerprint density at radius 2 is 2.00 bits per heavy atom. The van der Waals surface area contributed by atoms with E-state index in [1.807, 2.05) is 6.92 Å². The molecule has 0 heterocycles. The van der Waals surface area contributed by atoms with E-state index in [1.54, 1.807) is 26.0 Å². The molecule has 0 rings (SSSR count). The van der Waals surface area contributed by atoms with E-state index in [2.05, 4.69) is 6.58 Å². The summed E-state index contributed by atoms with van der Waals surface area (Å²) in [6.45, 7) is 8.95. The van der Waals surface area contributed by atoms with E-state index in [0.29, 0.717) is 5.57 Å². The molecule has 0 aromatic heterocycles. The van der Waals surface area contributed by atoms with Gasteiger partial charge in [-0.1, -0.05) is 18.2 Å². The number of esters is 1. The fourth-order valence-electron chi connectivity index (χ4n) is 0.423. The summed E-state index contributed by atoms with van der Waals surface area (Å²) in [6, 6.07) is 0. The van der Waals surface area contributed by atoms with Gasteiger partial charge in [-0.05, 0) is 26.8 Å². The van der Waals surface area contributed by atoms with Crippen LogP contribution in [0.15, 0.2) is 36.1 Å². The Kier molecular flexibility index (Phi) is 4.77. The van der Waals surface area contributed by atoms with Gasteiger partial charge in [-0.2, -0.15) is 0 Å². The molecule has 0 amide bonds. The lowest BCUT2D eigenvalue weighted by Gasteiger charge is -1.96. The molecule has 0 radical (unpaired) electrons. The third-order valence-electron chi connectivity index (χ3n) is 1.28. The molecule has 0 aromatic rings. The Bertz CT molecular complexity index is 234. The normalized spacial score (nSPS) is 11.8. The lowest BCUT2D eigenvalue weighted by atomic mass is 10.3. The van der Waals surface area contributed by atoms with Crippen LogP contribution in [0.2, 0.25) is 0 Å². The second kappa shape index (κ2) is 5.35. The molecule has 12 heavy (non-hydrogen) atoms. The van der Waals surface area contributed by atoms with E-state index < -0.39 is 0 Å². The van der Waals surface area contributed by atoms with Crippen LogP contribution in [0.5, 0.6) is 0 Å². The zero-order valence-corrected chi connectivity index (χ0v) is 7.76. The summed E-state index contributed by atoms with van der Waals surface area (Å²) in [4.78, 5) is 11.0. The third kappa shape index (κ3) is 4.50. The standard InChI is InChI=1S/C10H14O2/c1-5-9(4)10(11)12-7-6-8(2)3/h5-7H,2H2,1,3-4H3. The van der Waals surface area contributed by atoms with Gasteiger partial charge < -0.3 is 4.74 Å². The van der Waals surface area contributed by atoms with Crippen molar-refractivity contribution in [2.24, 2.45) is 0 Å². The second-order valence-corrected chi connectivity index (χ2v) is 2.53. The van der Waals surface area contributed by atoms with Gasteiger partial charge in [0.15, 0.2) is 0 Å². The molecule has 0 spiro atoms. The third-order valence-corrected chi connectivity index (χ3v) is 1.28. The van der Waals surface area contributed by atoms with Crippen molar-refractivity contribution in [2.45, 2.75) is 20.8 Å². The molecule has 0 bridgehead atoms. The predicted molar refractivity (Wildman–Crippen MR) is 49.5 cm³/mol. The fourth-order valence-corrected chi connectivity index (χ4v) is 0.423. The molecule has 0 saturated carbocycles. The first-order valence-electron chi connectivity index (χ1n) is 3.74. The first-order valence-corrected chi connectivity index (χ1v) is 3.74. The number of ether oxygens (including phenoxy) is 1. The minimum Gasteiger partial charge on any atom is -0.431 e. The van der Waals surface area contributed by atoms with Gasteiger partial charge in [0.2, 0.25) is 0 Å². The van der Waals surface area contributed by atoms with Gasteiger partial charge >= 0.3 is 5.97 Å². The molecule has 66 valence electrons. The lowest BCUT2D eigenvalue weighted by Crippen LogP contribution is -2.00. The molecule has 0 aliphatic rings. The van der Waals surface area contributed by atoms with Crippen LogP contribution in [0.25, 0.3) is 0 Å². The van der Waals surface area contributed by atoms with Gasteiger partial charge in [0.05, 0.1) is 6.26 Å². The molecular weight excluding hydrogens is 152 g/mol. The van der Waals surface area contributed by atoms with Crippen LogP contribution < -0.4 is 0 Å². The summed E-state index contributed by atoms with van der Waals surface area (Å²) in [6.07, 6.45) is 4.69. The lowest BCUT2D eigenvalue weighted by molar-refractivity contribution is -0.133. The molecule has 0 N–H and O–H groups in total. The SMILES string of the molecule is C=C(C)C=COC(=O)C(C)=CC. The molecule has 0 fully saturated rings. The Morgan fingerprint density at radius 3 is 2.42 bits per heavy atom. The molecule has 2 nitrogen and oxygen atoms in total. The van der Waals surface area contributed by atoms with Crippen molar-refractivity contribution in [1.82, 2.24) is 0 Å². The summed E-state index contributed by atoms with van der Waals surface area (Å²) in [5.41, 5.74) is 1.45. The van der Waals surface area contributed by atoms with E-state index >= 15 is 0 Å². The van der Waals surface area contributed by atoms with Crippen LogP contribution in [-0.2, 0) is 9.53 Å². The summed E-state index contributed by atoms with van der Waals surface area (Å²) in [5.74, 6) is -0.324. The first-order chi connectivity index (χ1) is 5.57. The van der Waals surface area contributed by atoms with Crippen LogP contribution in [0.3, 0.4) is 0 Å². The monoisotopic (exact) mass is 166 g/mol. The average Bonchev–Trinajstić information content (AvgIpc) is 2.02.